The summed E-state index contributed by atoms with van der Waals surface area (Å²) in [6.45, 7) is 0.366. The van der Waals surface area contributed by atoms with Crippen molar-refractivity contribution in [2.24, 2.45) is 26.1 Å². The topological polar surface area (TPSA) is 212 Å². The van der Waals surface area contributed by atoms with Crippen LogP contribution >= 0.6 is 0 Å². The van der Waals surface area contributed by atoms with Crippen molar-refractivity contribution >= 4 is 123 Å². The number of hydrogen-bond acceptors (Lipinski definition) is 15. The first kappa shape index (κ1) is 89.5. The van der Waals surface area contributed by atoms with Gasteiger partial charge in [0, 0.05) is 80.8 Å². The summed E-state index contributed by atoms with van der Waals surface area (Å²) in [7, 11) is 6.05. The zero-order chi connectivity index (χ0) is 87.7. The number of pyridine rings is 6. The van der Waals surface area contributed by atoms with Crippen LogP contribution in [0.2, 0.25) is 0 Å². The number of benzene rings is 8. The first-order valence-electron chi connectivity index (χ1n) is 42.3. The van der Waals surface area contributed by atoms with E-state index in [1.807, 2.05) is 308 Å². The zero-order valence-corrected chi connectivity index (χ0v) is 76.9. The molecule has 0 aliphatic heterocycles. The molecule has 4 radical (unpaired) electrons. The summed E-state index contributed by atoms with van der Waals surface area (Å²) in [5.41, 5.74) is 18.3. The third-order valence-corrected chi connectivity index (χ3v) is 22.6. The normalized spacial score (nSPS) is 11.1. The van der Waals surface area contributed by atoms with Gasteiger partial charge in [0.05, 0.1) is 23.1 Å². The van der Waals surface area contributed by atoms with Crippen molar-refractivity contribution in [3.8, 4) is 74.3 Å². The number of oxazole rings is 2. The van der Waals surface area contributed by atoms with E-state index in [9.17, 15) is 0 Å². The van der Waals surface area contributed by atoms with Crippen molar-refractivity contribution in [1.82, 2.24) is 67.3 Å². The van der Waals surface area contributed by atoms with Crippen molar-refractivity contribution in [3.05, 3.63) is 420 Å². The molecule has 25 rings (SSSR count). The predicted molar refractivity (Wildman–Crippen MR) is 508 cm³/mol. The number of nitrogens with zero attached hydrogens (tertiary/aromatic N) is 19. The van der Waals surface area contributed by atoms with Crippen molar-refractivity contribution in [2.45, 2.75) is 0 Å². The number of furan rings is 2. The number of rotatable bonds is 17. The number of aromatic nitrogens is 16. The molecule has 23 nitrogen and oxygen atoms in total. The van der Waals surface area contributed by atoms with Gasteiger partial charge in [-0.1, -0.05) is 180 Å². The third kappa shape index (κ3) is 17.7. The van der Waals surface area contributed by atoms with Gasteiger partial charge in [0.15, 0.2) is 23.1 Å². The van der Waals surface area contributed by atoms with Crippen LogP contribution in [-0.4, -0.2) is 80.2 Å². The summed E-state index contributed by atoms with van der Waals surface area (Å²) in [4.78, 5) is 47.7. The molecule has 17 heterocycles. The number of imidazole rings is 1. The van der Waals surface area contributed by atoms with Gasteiger partial charge in [-0.3, -0.25) is 38.5 Å². The second kappa shape index (κ2) is 39.6. The smallest absolute Gasteiger partial charge is 0.535 e. The first-order valence-corrected chi connectivity index (χ1v) is 42.3. The molecule has 135 heavy (non-hydrogen) atoms. The maximum Gasteiger partial charge on any atom is 2.00 e. The molecule has 25 aromatic rings. The molecule has 0 saturated heterocycles. The average molecular weight is 1920 g/mol. The van der Waals surface area contributed by atoms with Crippen LogP contribution in [0.3, 0.4) is 0 Å². The summed E-state index contributed by atoms with van der Waals surface area (Å²) in [5.74, 6) is 7.29. The fraction of sp³-hybridized carbons (Fsp3) is 0.0370. The molecular weight excluding hydrogens is 1850 g/mol. The maximum atomic E-state index is 6.06. The SMILES string of the molecule is C[n+]1c[cH-]c2c1[n+](C)cn2-c1cccc(N(CN=Cc2coc3ocnc23)c2ccccc2)n1.Cn1[c-]c(-c2nc3c(ccn3-c3cccc(-n4[c-]ccc4)n3)o2)c2ccccc21.[Mn+2].[Mn+2].[Mn+2].[Mn].[c-]1ccccc1-c1cccc(-n2c3ccccc3c3ccc(-c4[c-]cccc4)nc32)n1.[c-]1coc2cccc(-c3cccc(N(c4ccccc4)c4cccc(-n5ccc6ccc[c-]c65)n4)n3)c12. The number of hydrogen-bond donors (Lipinski definition) is 0. The minimum atomic E-state index is 0. The molecule has 652 valence electrons. The van der Waals surface area contributed by atoms with Gasteiger partial charge in [0.25, 0.3) is 0 Å². The summed E-state index contributed by atoms with van der Waals surface area (Å²) >= 11 is 0. The van der Waals surface area contributed by atoms with Gasteiger partial charge in [-0.2, -0.15) is 30.3 Å². The van der Waals surface area contributed by atoms with Crippen LogP contribution in [0.1, 0.15) is 5.56 Å². The quantitative estimate of drug-likeness (QED) is 0.0359. The van der Waals surface area contributed by atoms with E-state index in [-0.39, 0.29) is 68.3 Å². The van der Waals surface area contributed by atoms with E-state index >= 15 is 0 Å². The summed E-state index contributed by atoms with van der Waals surface area (Å²) in [6, 6.07) is 122. The Kier molecular flexibility index (Phi) is 26.2. The van der Waals surface area contributed by atoms with Gasteiger partial charge in [0.2, 0.25) is 6.33 Å². The van der Waals surface area contributed by atoms with Crippen LogP contribution < -0.4 is 18.9 Å². The Labute approximate surface area is 816 Å². The summed E-state index contributed by atoms with van der Waals surface area (Å²) in [5, 5.41) is 5.36. The predicted octanol–water partition coefficient (Wildman–Crippen LogP) is 22.3. The standard InChI is InChI=1S/C32H20N4O.C28H17N3.C25H22N7O2.C23H15N5O.4Mn/c1-2-10-24(11-3-1)36(31-17-7-13-27(33-31)25-12-6-15-29-26(25)20-22-37-29)32-18-8-16-30(34-32)35-21-19-23-9-4-5-14-28(23)35;1-3-10-20(11-4-1)24-15-9-17-27(29-24)31-26-16-8-7-14-22(26)23-18-19-25(30-28(23)31)21-12-5-2-6-13-21;1-29-12-11-20-24(29)30(2)17-32(20)22-10-6-9-21(28-22)31(19-7-4-3-5-8-19)15-26-13-18-14-33-25-23(18)27-16-34-25;1-26-15-17(16-7-2-3-8-18(16)26)23-25-22-19(29-23)11-14-28(22)21-10-6-9-20(24-21)27-12-4-5-13-27;;;;/h1-13,15-19,21-22H;1-10,12,14-19H;3-14,16-17H,15H2,1-2H3;2-12,14H,1H3;;;;/q2*-2;+1;-2;;3*+2. The molecule has 0 unspecified atom stereocenters. The molecule has 0 aliphatic rings. The second-order valence-corrected chi connectivity index (χ2v) is 30.8. The van der Waals surface area contributed by atoms with Gasteiger partial charge >= 0.3 is 62.6 Å². The largest absolute Gasteiger partial charge is 2.00 e. The van der Waals surface area contributed by atoms with Crippen molar-refractivity contribution < 1.29 is 95.1 Å². The van der Waals surface area contributed by atoms with E-state index in [1.165, 1.54) is 6.39 Å². The minimum Gasteiger partial charge on any atom is -0.535 e. The van der Waals surface area contributed by atoms with E-state index < -0.39 is 0 Å². The third-order valence-electron chi connectivity index (χ3n) is 22.6. The van der Waals surface area contributed by atoms with Gasteiger partial charge < -0.3 is 36.3 Å². The van der Waals surface area contributed by atoms with E-state index in [0.29, 0.717) is 29.4 Å². The number of aryl methyl sites for hydroxylation is 3. The Hall–Kier alpha value is -16.0. The zero-order valence-electron chi connectivity index (χ0n) is 72.2. The van der Waals surface area contributed by atoms with E-state index in [4.69, 9.17) is 52.6 Å². The van der Waals surface area contributed by atoms with E-state index in [1.54, 1.807) is 18.7 Å². The molecule has 8 aromatic carbocycles. The molecule has 0 N–H and O–H groups in total. The number of para-hydroxylation sites is 5. The van der Waals surface area contributed by atoms with Gasteiger partial charge in [-0.15, -0.1) is 124 Å². The molecule has 0 saturated carbocycles. The first-order chi connectivity index (χ1) is 64.7. The average Bonchev–Trinajstić information content (AvgIpc) is 1.60. The van der Waals surface area contributed by atoms with Crippen molar-refractivity contribution in [2.75, 3.05) is 16.5 Å². The van der Waals surface area contributed by atoms with Crippen LogP contribution in [0, 0.1) is 36.7 Å². The number of fused-ring (bicyclic) bond motifs is 9. The Morgan fingerprint density at radius 2 is 1.13 bits per heavy atom. The van der Waals surface area contributed by atoms with Crippen molar-refractivity contribution in [3.63, 3.8) is 0 Å². The van der Waals surface area contributed by atoms with Gasteiger partial charge in [-0.05, 0) is 103 Å². The molecule has 0 amide bonds. The molecular formula is C108H74Mn4N19O4+. The van der Waals surface area contributed by atoms with E-state index in [0.717, 1.165) is 174 Å². The Morgan fingerprint density at radius 1 is 0.474 bits per heavy atom. The Morgan fingerprint density at radius 3 is 1.92 bits per heavy atom. The molecule has 0 fully saturated rings. The molecule has 0 spiro atoms. The second-order valence-electron chi connectivity index (χ2n) is 30.8. The van der Waals surface area contributed by atoms with Gasteiger partial charge in [-0.25, -0.2) is 34.1 Å². The molecule has 0 bridgehead atoms. The minimum absolute atomic E-state index is 0. The van der Waals surface area contributed by atoms with Crippen LogP contribution in [0.5, 0.6) is 0 Å². The van der Waals surface area contributed by atoms with Crippen LogP contribution in [0.4, 0.5) is 28.8 Å². The van der Waals surface area contributed by atoms with Gasteiger partial charge in [0.1, 0.15) is 79.3 Å². The van der Waals surface area contributed by atoms with Crippen LogP contribution in [0.25, 0.3) is 163 Å². The summed E-state index contributed by atoms with van der Waals surface area (Å²) < 4.78 is 38.4. The Balaban J connectivity index is 0.000000119. The van der Waals surface area contributed by atoms with Crippen LogP contribution in [0.15, 0.2) is 400 Å². The monoisotopic (exact) mass is 1920 g/mol. The molecule has 27 heteroatoms. The fourth-order valence-electron chi connectivity index (χ4n) is 16.5. The Bertz CT molecular complexity index is 8440. The maximum absolute atomic E-state index is 6.06. The van der Waals surface area contributed by atoms with Crippen molar-refractivity contribution in [1.29, 1.82) is 0 Å². The van der Waals surface area contributed by atoms with E-state index in [2.05, 4.69) is 164 Å². The molecule has 17 aromatic heterocycles. The fourth-order valence-corrected chi connectivity index (χ4v) is 16.5. The van der Waals surface area contributed by atoms with Crippen LogP contribution in [-0.2, 0) is 89.4 Å². The number of anilines is 5. The summed E-state index contributed by atoms with van der Waals surface area (Å²) in [6.07, 6.45) is 22.7. The number of aliphatic imine (C=N–C) groups is 1. The molecule has 0 atom stereocenters. The molecule has 0 aliphatic carbocycles.